The van der Waals surface area contributed by atoms with E-state index in [1.807, 2.05) is 7.05 Å². The summed E-state index contributed by atoms with van der Waals surface area (Å²) in [5.41, 5.74) is 5.96. The molecule has 1 aliphatic rings. The minimum absolute atomic E-state index is 0.0659. The number of nitrogen functional groups attached to an aromatic ring is 1. The number of nitrogens with zero attached hydrogens (tertiary/aromatic N) is 2. The Morgan fingerprint density at radius 1 is 1.58 bits per heavy atom. The van der Waals surface area contributed by atoms with Crippen LogP contribution in [0.3, 0.4) is 0 Å². The highest BCUT2D eigenvalue weighted by atomic mass is 16.6. The Hall–Kier alpha value is -2.15. The maximum atomic E-state index is 12.1. The Morgan fingerprint density at radius 3 is 2.89 bits per heavy atom. The van der Waals surface area contributed by atoms with Gasteiger partial charge in [0.1, 0.15) is 0 Å². The normalized spacial score (nSPS) is 19.3. The number of non-ortho nitro benzene ring substituents is 1. The first kappa shape index (κ1) is 13.3. The van der Waals surface area contributed by atoms with Gasteiger partial charge in [0, 0.05) is 30.4 Å². The van der Waals surface area contributed by atoms with Crippen LogP contribution in [0.1, 0.15) is 16.8 Å². The van der Waals surface area contributed by atoms with Gasteiger partial charge in [-0.1, -0.05) is 0 Å². The number of benzene rings is 1. The van der Waals surface area contributed by atoms with Crippen LogP contribution in [0, 0.1) is 10.1 Å². The van der Waals surface area contributed by atoms with E-state index in [1.54, 1.807) is 0 Å². The fraction of sp³-hybridized carbons (Fsp3) is 0.417. The van der Waals surface area contributed by atoms with E-state index in [-0.39, 0.29) is 28.9 Å². The molecule has 3 N–H and O–H groups in total. The Morgan fingerprint density at radius 2 is 2.32 bits per heavy atom. The minimum Gasteiger partial charge on any atom is -0.398 e. The first-order valence-electron chi connectivity index (χ1n) is 6.00. The quantitative estimate of drug-likeness (QED) is 0.473. The second-order valence-corrected chi connectivity index (χ2v) is 4.75. The molecule has 1 aromatic carbocycles. The number of hydrogen-bond acceptors (Lipinski definition) is 5. The van der Waals surface area contributed by atoms with Gasteiger partial charge in [-0.25, -0.2) is 0 Å². The first-order chi connectivity index (χ1) is 8.97. The molecule has 1 fully saturated rings. The summed E-state index contributed by atoms with van der Waals surface area (Å²) in [5, 5.41) is 13.6. The lowest BCUT2D eigenvalue weighted by Gasteiger charge is -2.13. The van der Waals surface area contributed by atoms with Crippen LogP contribution < -0.4 is 11.1 Å². The Kier molecular flexibility index (Phi) is 3.66. The fourth-order valence-electron chi connectivity index (χ4n) is 2.17. The zero-order chi connectivity index (χ0) is 14.0. The average Bonchev–Trinajstić information content (AvgIpc) is 2.74. The number of likely N-dealkylation sites (N-methyl/N-ethyl adjacent to an activating group) is 1. The molecule has 102 valence electrons. The molecule has 1 unspecified atom stereocenters. The molecular formula is C12H16N4O3. The van der Waals surface area contributed by atoms with Crippen molar-refractivity contribution in [1.29, 1.82) is 0 Å². The summed E-state index contributed by atoms with van der Waals surface area (Å²) >= 11 is 0. The summed E-state index contributed by atoms with van der Waals surface area (Å²) in [4.78, 5) is 24.3. The zero-order valence-corrected chi connectivity index (χ0v) is 10.6. The van der Waals surface area contributed by atoms with Gasteiger partial charge in [-0.15, -0.1) is 0 Å². The molecule has 2 rings (SSSR count). The van der Waals surface area contributed by atoms with Gasteiger partial charge in [0.25, 0.3) is 11.6 Å². The molecule has 7 nitrogen and oxygen atoms in total. The molecule has 0 aromatic heterocycles. The summed E-state index contributed by atoms with van der Waals surface area (Å²) < 4.78 is 0. The van der Waals surface area contributed by atoms with Crippen molar-refractivity contribution in [3.05, 3.63) is 33.9 Å². The van der Waals surface area contributed by atoms with E-state index in [0.29, 0.717) is 0 Å². The number of hydrogen-bond donors (Lipinski definition) is 2. The first-order valence-corrected chi connectivity index (χ1v) is 6.00. The molecule has 7 heteroatoms. The molecule has 1 aliphatic heterocycles. The van der Waals surface area contributed by atoms with Gasteiger partial charge in [0.15, 0.2) is 0 Å². The maximum absolute atomic E-state index is 12.1. The number of amides is 1. The fourth-order valence-corrected chi connectivity index (χ4v) is 2.17. The van der Waals surface area contributed by atoms with Crippen LogP contribution in [0.2, 0.25) is 0 Å². The van der Waals surface area contributed by atoms with Gasteiger partial charge in [-0.05, 0) is 26.1 Å². The predicted molar refractivity (Wildman–Crippen MR) is 70.9 cm³/mol. The average molecular weight is 264 g/mol. The topological polar surface area (TPSA) is 102 Å². The Labute approximate surface area is 110 Å². The molecule has 1 atom stereocenters. The summed E-state index contributed by atoms with van der Waals surface area (Å²) in [6, 6.07) is 3.95. The second-order valence-electron chi connectivity index (χ2n) is 4.75. The molecule has 0 radical (unpaired) electrons. The van der Waals surface area contributed by atoms with Gasteiger partial charge in [0.05, 0.1) is 10.5 Å². The highest BCUT2D eigenvalue weighted by Crippen LogP contribution is 2.20. The Bertz CT molecular complexity index is 518. The second kappa shape index (κ2) is 5.23. The van der Waals surface area contributed by atoms with Crippen molar-refractivity contribution in [3.8, 4) is 0 Å². The van der Waals surface area contributed by atoms with Crippen molar-refractivity contribution in [2.24, 2.45) is 0 Å². The summed E-state index contributed by atoms with van der Waals surface area (Å²) in [7, 11) is 1.98. The van der Waals surface area contributed by atoms with Gasteiger partial charge in [-0.3, -0.25) is 14.9 Å². The van der Waals surface area contributed by atoms with Crippen molar-refractivity contribution in [3.63, 3.8) is 0 Å². The molecule has 1 aromatic rings. The molecule has 0 saturated carbocycles. The smallest absolute Gasteiger partial charge is 0.270 e. The van der Waals surface area contributed by atoms with Crippen molar-refractivity contribution >= 4 is 17.3 Å². The van der Waals surface area contributed by atoms with E-state index < -0.39 is 4.92 Å². The number of carbonyl (C=O) groups excluding carboxylic acids is 1. The molecule has 1 heterocycles. The summed E-state index contributed by atoms with van der Waals surface area (Å²) in [6.07, 6.45) is 0.872. The van der Waals surface area contributed by atoms with Crippen molar-refractivity contribution in [1.82, 2.24) is 10.2 Å². The lowest BCUT2D eigenvalue weighted by molar-refractivity contribution is -0.384. The van der Waals surface area contributed by atoms with E-state index >= 15 is 0 Å². The van der Waals surface area contributed by atoms with Crippen LogP contribution in [0.15, 0.2) is 18.2 Å². The zero-order valence-electron chi connectivity index (χ0n) is 10.6. The van der Waals surface area contributed by atoms with Crippen LogP contribution in [-0.4, -0.2) is 41.9 Å². The number of likely N-dealkylation sites (tertiary alicyclic amines) is 1. The lowest BCUT2D eigenvalue weighted by atomic mass is 10.1. The number of nitro benzene ring substituents is 1. The lowest BCUT2D eigenvalue weighted by Crippen LogP contribution is -2.36. The third kappa shape index (κ3) is 3.00. The summed E-state index contributed by atoms with van der Waals surface area (Å²) in [5.74, 6) is -0.360. The largest absolute Gasteiger partial charge is 0.398 e. The monoisotopic (exact) mass is 264 g/mol. The minimum atomic E-state index is -0.542. The highest BCUT2D eigenvalue weighted by Gasteiger charge is 2.23. The Balaban J connectivity index is 2.14. The molecule has 0 spiro atoms. The van der Waals surface area contributed by atoms with E-state index in [1.165, 1.54) is 18.2 Å². The van der Waals surface area contributed by atoms with Crippen LogP contribution >= 0.6 is 0 Å². The molecule has 0 aliphatic carbocycles. The van der Waals surface area contributed by atoms with Crippen LogP contribution in [0.4, 0.5) is 11.4 Å². The number of nitro groups is 1. The summed E-state index contributed by atoms with van der Waals surface area (Å²) in [6.45, 7) is 1.70. The molecule has 0 bridgehead atoms. The molecular weight excluding hydrogens is 248 g/mol. The van der Waals surface area contributed by atoms with E-state index in [4.69, 9.17) is 5.73 Å². The van der Waals surface area contributed by atoms with Crippen molar-refractivity contribution in [2.75, 3.05) is 25.9 Å². The number of nitrogens with one attached hydrogen (secondary N) is 1. The van der Waals surface area contributed by atoms with Crippen molar-refractivity contribution < 1.29 is 9.72 Å². The van der Waals surface area contributed by atoms with Crippen LogP contribution in [0.25, 0.3) is 0 Å². The SMILES string of the molecule is CN1CCC(NC(=O)c2cc([N+](=O)[O-])ccc2N)C1. The molecule has 1 amide bonds. The number of carbonyl (C=O) groups is 1. The maximum Gasteiger partial charge on any atom is 0.270 e. The van der Waals surface area contributed by atoms with Crippen molar-refractivity contribution in [2.45, 2.75) is 12.5 Å². The highest BCUT2D eigenvalue weighted by molar-refractivity contribution is 6.00. The molecule has 19 heavy (non-hydrogen) atoms. The van der Waals surface area contributed by atoms with Gasteiger partial charge < -0.3 is 16.0 Å². The third-order valence-corrected chi connectivity index (χ3v) is 3.22. The third-order valence-electron chi connectivity index (χ3n) is 3.22. The van der Waals surface area contributed by atoms with Gasteiger partial charge >= 0.3 is 0 Å². The predicted octanol–water partition coefficient (Wildman–Crippen LogP) is 0.611. The molecule has 1 saturated heterocycles. The van der Waals surface area contributed by atoms with E-state index in [9.17, 15) is 14.9 Å². The van der Waals surface area contributed by atoms with Crippen LogP contribution in [-0.2, 0) is 0 Å². The van der Waals surface area contributed by atoms with Gasteiger partial charge in [0.2, 0.25) is 0 Å². The number of rotatable bonds is 3. The van der Waals surface area contributed by atoms with Crippen LogP contribution in [0.5, 0.6) is 0 Å². The van der Waals surface area contributed by atoms with E-state index in [2.05, 4.69) is 10.2 Å². The number of anilines is 1. The standard InChI is InChI=1S/C12H16N4O3/c1-15-5-4-8(7-15)14-12(17)10-6-9(16(18)19)2-3-11(10)13/h2-3,6,8H,4-5,7,13H2,1H3,(H,14,17). The number of nitrogens with two attached hydrogens (primary N) is 1. The van der Waals surface area contributed by atoms with E-state index in [0.717, 1.165) is 19.5 Å². The van der Waals surface area contributed by atoms with Gasteiger partial charge in [-0.2, -0.15) is 0 Å².